The molecular weight excluding hydrogens is 333 g/mol. The minimum Gasteiger partial charge on any atom is -0.389 e. The Morgan fingerprint density at radius 3 is 2.29 bits per heavy atom. The summed E-state index contributed by atoms with van der Waals surface area (Å²) in [4.78, 5) is 12.4. The van der Waals surface area contributed by atoms with E-state index in [-0.39, 0.29) is 24.8 Å². The lowest BCUT2D eigenvalue weighted by Gasteiger charge is -2.44. The lowest BCUT2D eigenvalue weighted by molar-refractivity contribution is -0.193. The Morgan fingerprint density at radius 2 is 1.79 bits per heavy atom. The summed E-state index contributed by atoms with van der Waals surface area (Å²) < 4.78 is 64.8. The molecule has 2 heterocycles. The van der Waals surface area contributed by atoms with Crippen molar-refractivity contribution < 1.29 is 31.9 Å². The van der Waals surface area contributed by atoms with Gasteiger partial charge in [-0.2, -0.15) is 13.2 Å². The van der Waals surface area contributed by atoms with E-state index in [0.29, 0.717) is 18.9 Å². The van der Waals surface area contributed by atoms with Gasteiger partial charge in [-0.25, -0.2) is 8.78 Å². The van der Waals surface area contributed by atoms with Crippen molar-refractivity contribution in [1.82, 2.24) is 4.90 Å². The first kappa shape index (κ1) is 17.1. The summed E-state index contributed by atoms with van der Waals surface area (Å²) in [6.45, 7) is 0. The molecule has 0 aliphatic carbocycles. The molecule has 2 atom stereocenters. The van der Waals surface area contributed by atoms with Crippen LogP contribution in [-0.4, -0.2) is 39.8 Å². The molecule has 3 rings (SSSR count). The van der Waals surface area contributed by atoms with Crippen molar-refractivity contribution in [3.05, 3.63) is 35.4 Å². The highest BCUT2D eigenvalue weighted by molar-refractivity contribution is 5.83. The molecule has 1 N–H and O–H groups in total. The zero-order valence-electron chi connectivity index (χ0n) is 12.6. The molecule has 24 heavy (non-hydrogen) atoms. The van der Waals surface area contributed by atoms with Crippen LogP contribution in [-0.2, 0) is 11.2 Å². The molecule has 8 heteroatoms. The fourth-order valence-corrected chi connectivity index (χ4v) is 3.96. The molecule has 0 aromatic heterocycles. The normalized spacial score (nSPS) is 29.8. The fourth-order valence-electron chi connectivity index (χ4n) is 3.96. The number of amides is 1. The first-order valence-electron chi connectivity index (χ1n) is 7.65. The van der Waals surface area contributed by atoms with Gasteiger partial charge < -0.3 is 10.0 Å². The molecular formula is C16H16F5NO2. The third-order valence-corrected chi connectivity index (χ3v) is 4.86. The summed E-state index contributed by atoms with van der Waals surface area (Å²) in [5.74, 6) is -3.43. The number of piperidine rings is 1. The van der Waals surface area contributed by atoms with Gasteiger partial charge in [0.15, 0.2) is 0 Å². The molecule has 1 aromatic carbocycles. The number of carbonyl (C=O) groups excluding carboxylic acids is 1. The van der Waals surface area contributed by atoms with Gasteiger partial charge in [-0.3, -0.25) is 4.79 Å². The summed E-state index contributed by atoms with van der Waals surface area (Å²) in [6, 6.07) is 1.56. The quantitative estimate of drug-likeness (QED) is 0.834. The highest BCUT2D eigenvalue weighted by Gasteiger charge is 2.55. The van der Waals surface area contributed by atoms with Crippen LogP contribution in [0.25, 0.3) is 0 Å². The largest absolute Gasteiger partial charge is 0.471 e. The Kier molecular flexibility index (Phi) is 4.06. The fraction of sp³-hybridized carbons (Fsp3) is 0.562. The van der Waals surface area contributed by atoms with Crippen LogP contribution in [0.1, 0.15) is 31.2 Å². The van der Waals surface area contributed by atoms with Gasteiger partial charge in [0, 0.05) is 24.6 Å². The van der Waals surface area contributed by atoms with E-state index in [4.69, 9.17) is 0 Å². The van der Waals surface area contributed by atoms with Gasteiger partial charge in [-0.05, 0) is 37.3 Å². The van der Waals surface area contributed by atoms with Crippen molar-refractivity contribution in [3.8, 4) is 0 Å². The Bertz CT molecular complexity index is 646. The summed E-state index contributed by atoms with van der Waals surface area (Å²) >= 11 is 0. The van der Waals surface area contributed by atoms with Gasteiger partial charge in [0.1, 0.15) is 11.6 Å². The highest BCUT2D eigenvalue weighted by Crippen LogP contribution is 2.44. The van der Waals surface area contributed by atoms with Crippen molar-refractivity contribution in [2.24, 2.45) is 0 Å². The van der Waals surface area contributed by atoms with Crippen LogP contribution in [0.3, 0.4) is 0 Å². The van der Waals surface area contributed by atoms with Gasteiger partial charge in [-0.1, -0.05) is 6.07 Å². The minimum atomic E-state index is -4.95. The van der Waals surface area contributed by atoms with E-state index >= 15 is 0 Å². The maximum Gasteiger partial charge on any atom is 0.471 e. The van der Waals surface area contributed by atoms with Gasteiger partial charge in [0.2, 0.25) is 0 Å². The average Bonchev–Trinajstić information content (AvgIpc) is 2.73. The third-order valence-electron chi connectivity index (χ3n) is 4.86. The molecule has 2 saturated heterocycles. The van der Waals surface area contributed by atoms with Crippen LogP contribution in [0.15, 0.2) is 18.2 Å². The van der Waals surface area contributed by atoms with E-state index in [0.717, 1.165) is 11.0 Å². The van der Waals surface area contributed by atoms with Crippen molar-refractivity contribution in [2.45, 2.75) is 56.0 Å². The number of halogens is 5. The molecule has 2 bridgehead atoms. The number of aliphatic hydroxyl groups is 1. The average molecular weight is 349 g/mol. The van der Waals surface area contributed by atoms with Crippen molar-refractivity contribution in [2.75, 3.05) is 0 Å². The smallest absolute Gasteiger partial charge is 0.389 e. The second-order valence-electron chi connectivity index (χ2n) is 6.64. The van der Waals surface area contributed by atoms with E-state index in [1.165, 1.54) is 6.07 Å². The summed E-state index contributed by atoms with van der Waals surface area (Å²) in [5, 5.41) is 10.7. The first-order valence-corrected chi connectivity index (χ1v) is 7.65. The van der Waals surface area contributed by atoms with E-state index in [1.54, 1.807) is 0 Å². The second-order valence-corrected chi connectivity index (χ2v) is 6.64. The number of hydrogen-bond acceptors (Lipinski definition) is 2. The van der Waals surface area contributed by atoms with Gasteiger partial charge >= 0.3 is 12.1 Å². The van der Waals surface area contributed by atoms with E-state index in [2.05, 4.69) is 0 Å². The summed E-state index contributed by atoms with van der Waals surface area (Å²) in [6.07, 6.45) is -4.43. The Balaban J connectivity index is 1.78. The van der Waals surface area contributed by atoms with Crippen LogP contribution in [0.5, 0.6) is 0 Å². The van der Waals surface area contributed by atoms with Gasteiger partial charge in [-0.15, -0.1) is 0 Å². The van der Waals surface area contributed by atoms with Crippen molar-refractivity contribution >= 4 is 5.91 Å². The Morgan fingerprint density at radius 1 is 1.21 bits per heavy atom. The topological polar surface area (TPSA) is 40.5 Å². The number of fused-ring (bicyclic) bond motifs is 2. The van der Waals surface area contributed by atoms with Crippen LogP contribution in [0.2, 0.25) is 0 Å². The number of carbonyl (C=O) groups is 1. The van der Waals surface area contributed by atoms with Crippen LogP contribution in [0, 0.1) is 11.6 Å². The third kappa shape index (κ3) is 3.11. The van der Waals surface area contributed by atoms with E-state index in [9.17, 15) is 31.9 Å². The predicted octanol–water partition coefficient (Wildman–Crippen LogP) is 2.95. The molecule has 132 valence electrons. The molecule has 3 nitrogen and oxygen atoms in total. The molecule has 2 fully saturated rings. The van der Waals surface area contributed by atoms with Crippen molar-refractivity contribution in [3.63, 3.8) is 0 Å². The molecule has 0 spiro atoms. The Labute approximate surface area is 135 Å². The zero-order chi connectivity index (χ0) is 17.7. The maximum absolute atomic E-state index is 13.8. The number of rotatable bonds is 2. The molecule has 2 aliphatic rings. The Hall–Kier alpha value is -1.70. The monoisotopic (exact) mass is 349 g/mol. The maximum atomic E-state index is 13.8. The number of nitrogens with zero attached hydrogens (tertiary/aromatic N) is 1. The SMILES string of the molecule is O=C(N1C2CCC1CC(O)(Cc1ccc(F)cc1F)C2)C(F)(F)F. The molecule has 2 aliphatic heterocycles. The lowest BCUT2D eigenvalue weighted by atomic mass is 9.81. The van der Waals surface area contributed by atoms with Crippen molar-refractivity contribution in [1.29, 1.82) is 0 Å². The molecule has 0 radical (unpaired) electrons. The predicted molar refractivity (Wildman–Crippen MR) is 74.0 cm³/mol. The number of hydrogen-bond donors (Lipinski definition) is 1. The molecule has 1 aromatic rings. The van der Waals surface area contributed by atoms with Gasteiger partial charge in [0.05, 0.1) is 5.60 Å². The highest BCUT2D eigenvalue weighted by atomic mass is 19.4. The number of alkyl halides is 3. The zero-order valence-corrected chi connectivity index (χ0v) is 12.6. The van der Waals surface area contributed by atoms with Crippen LogP contribution < -0.4 is 0 Å². The van der Waals surface area contributed by atoms with Crippen LogP contribution >= 0.6 is 0 Å². The summed E-state index contributed by atoms with van der Waals surface area (Å²) in [5.41, 5.74) is -1.30. The van der Waals surface area contributed by atoms with E-state index < -0.39 is 41.4 Å². The number of benzene rings is 1. The molecule has 0 saturated carbocycles. The lowest BCUT2D eigenvalue weighted by Crippen LogP contribution is -2.57. The molecule has 2 unspecified atom stereocenters. The summed E-state index contributed by atoms with van der Waals surface area (Å²) in [7, 11) is 0. The minimum absolute atomic E-state index is 0.0534. The second kappa shape index (κ2) is 5.68. The molecule has 1 amide bonds. The van der Waals surface area contributed by atoms with E-state index in [1.807, 2.05) is 0 Å². The van der Waals surface area contributed by atoms with Crippen LogP contribution in [0.4, 0.5) is 22.0 Å². The van der Waals surface area contributed by atoms with Gasteiger partial charge in [0.25, 0.3) is 0 Å². The first-order chi connectivity index (χ1) is 11.1. The standard InChI is InChI=1S/C16H16F5NO2/c17-10-2-1-9(13(18)5-10)6-15(24)7-11-3-4-12(8-15)22(11)14(23)16(19,20)21/h1-2,5,11-12,24H,3-4,6-8H2.